The first-order chi connectivity index (χ1) is 9.41. The number of aromatic nitrogens is 1. The van der Waals surface area contributed by atoms with E-state index >= 15 is 0 Å². The lowest BCUT2D eigenvalue weighted by Crippen LogP contribution is -2.48. The molecule has 2 heterocycles. The number of aliphatic carboxylic acids is 1. The average molecular weight is 281 g/mol. The summed E-state index contributed by atoms with van der Waals surface area (Å²) in [5.74, 6) is -0.906. The third-order valence-corrected chi connectivity index (χ3v) is 2.93. The summed E-state index contributed by atoms with van der Waals surface area (Å²) in [6.45, 7) is 1.87. The van der Waals surface area contributed by atoms with Gasteiger partial charge < -0.3 is 21.3 Å². The molecule has 1 aromatic rings. The molecule has 1 aliphatic rings. The van der Waals surface area contributed by atoms with Crippen LogP contribution in [-0.4, -0.2) is 45.8 Å². The van der Waals surface area contributed by atoms with E-state index in [0.29, 0.717) is 12.5 Å². The molecule has 3 atom stereocenters. The highest BCUT2D eigenvalue weighted by atomic mass is 16.4. The molecule has 2 rings (SSSR count). The summed E-state index contributed by atoms with van der Waals surface area (Å²) in [5, 5.41) is 18.6. The van der Waals surface area contributed by atoms with Crippen molar-refractivity contribution in [2.75, 3.05) is 6.54 Å². The lowest BCUT2D eigenvalue weighted by molar-refractivity contribution is -0.145. The second-order valence-corrected chi connectivity index (χ2v) is 4.58. The average Bonchev–Trinajstić information content (AvgIpc) is 2.43. The minimum atomic E-state index is -1.23. The predicted octanol–water partition coefficient (Wildman–Crippen LogP) is -0.536. The first-order valence-corrected chi connectivity index (χ1v) is 6.26. The highest BCUT2D eigenvalue weighted by Gasteiger charge is 2.26. The van der Waals surface area contributed by atoms with Crippen molar-refractivity contribution in [2.45, 2.75) is 31.4 Å². The smallest absolute Gasteiger partial charge is 0.332 e. The molecular formula is C13H19N3O4. The lowest BCUT2D eigenvalue weighted by Gasteiger charge is -2.26. The molecule has 0 spiro atoms. The Morgan fingerprint density at radius 1 is 1.50 bits per heavy atom. The monoisotopic (exact) mass is 281 g/mol. The number of carbonyl (C=O) groups excluding carboxylic acids is 1. The first-order valence-electron chi connectivity index (χ1n) is 6.26. The van der Waals surface area contributed by atoms with Gasteiger partial charge in [-0.25, -0.2) is 4.79 Å². The van der Waals surface area contributed by atoms with Crippen LogP contribution in [0.25, 0.3) is 0 Å². The van der Waals surface area contributed by atoms with Crippen molar-refractivity contribution in [3.8, 4) is 0 Å². The van der Waals surface area contributed by atoms with E-state index in [9.17, 15) is 9.59 Å². The molecule has 1 fully saturated rings. The largest absolute Gasteiger partial charge is 0.479 e. The maximum absolute atomic E-state index is 11.1. The van der Waals surface area contributed by atoms with Gasteiger partial charge in [-0.3, -0.25) is 9.78 Å². The molecule has 1 amide bonds. The molecule has 0 aliphatic carbocycles. The summed E-state index contributed by atoms with van der Waals surface area (Å²) in [5.41, 5.74) is 6.87. The van der Waals surface area contributed by atoms with E-state index in [1.54, 1.807) is 12.4 Å². The van der Waals surface area contributed by atoms with Crippen LogP contribution in [-0.2, 0) is 9.59 Å². The maximum Gasteiger partial charge on any atom is 0.332 e. The third-order valence-electron chi connectivity index (χ3n) is 2.93. The molecule has 0 saturated carbocycles. The molecule has 20 heavy (non-hydrogen) atoms. The Bertz CT molecular complexity index is 450. The van der Waals surface area contributed by atoms with Gasteiger partial charge in [0, 0.05) is 24.9 Å². The van der Waals surface area contributed by atoms with Crippen LogP contribution in [0.5, 0.6) is 0 Å². The summed E-state index contributed by atoms with van der Waals surface area (Å²) in [7, 11) is 0. The standard InChI is InChI=1S/C10H13N3O.C3H6O3/c11-9-5-8(6-13-10(9)14)7-1-3-12-4-2-7;1-2(4)3(5)6/h1-4,8-9H,5-6,11H2,(H,13,14);2,4H,1H3,(H,5,6). The highest BCUT2D eigenvalue weighted by molar-refractivity contribution is 5.82. The summed E-state index contributed by atoms with van der Waals surface area (Å²) in [4.78, 5) is 24.5. The van der Waals surface area contributed by atoms with Gasteiger partial charge in [-0.2, -0.15) is 0 Å². The Labute approximate surface area is 116 Å². The van der Waals surface area contributed by atoms with Crippen LogP contribution in [0.2, 0.25) is 0 Å². The van der Waals surface area contributed by atoms with Crippen molar-refractivity contribution in [3.63, 3.8) is 0 Å². The number of aliphatic hydroxyl groups is 1. The van der Waals surface area contributed by atoms with Crippen LogP contribution < -0.4 is 11.1 Å². The number of pyridine rings is 1. The summed E-state index contributed by atoms with van der Waals surface area (Å²) < 4.78 is 0. The Morgan fingerprint density at radius 3 is 2.50 bits per heavy atom. The fraction of sp³-hybridized carbons (Fsp3) is 0.462. The highest BCUT2D eigenvalue weighted by Crippen LogP contribution is 2.21. The van der Waals surface area contributed by atoms with Crippen molar-refractivity contribution >= 4 is 11.9 Å². The number of carbonyl (C=O) groups is 2. The molecule has 0 radical (unpaired) electrons. The molecule has 3 unspecified atom stereocenters. The predicted molar refractivity (Wildman–Crippen MR) is 71.9 cm³/mol. The number of carboxylic acids is 1. The Morgan fingerprint density at radius 2 is 2.05 bits per heavy atom. The SMILES string of the molecule is CC(O)C(=O)O.NC1CC(c2ccncc2)CNC1=O. The number of piperidine rings is 1. The number of aliphatic hydroxyl groups excluding tert-OH is 1. The summed E-state index contributed by atoms with van der Waals surface area (Å²) in [6, 6.07) is 3.56. The number of carboxylic acid groups (broad SMARTS) is 1. The van der Waals surface area contributed by atoms with Crippen LogP contribution in [0.1, 0.15) is 24.8 Å². The zero-order chi connectivity index (χ0) is 15.1. The molecular weight excluding hydrogens is 262 g/mol. The van der Waals surface area contributed by atoms with Crippen LogP contribution >= 0.6 is 0 Å². The van der Waals surface area contributed by atoms with Crippen molar-refractivity contribution in [1.82, 2.24) is 10.3 Å². The normalized spacial score (nSPS) is 23.1. The second kappa shape index (κ2) is 7.56. The number of hydrogen-bond donors (Lipinski definition) is 4. The zero-order valence-corrected chi connectivity index (χ0v) is 11.2. The minimum absolute atomic E-state index is 0.0460. The van der Waals surface area contributed by atoms with Crippen LogP contribution in [0, 0.1) is 0 Å². The molecule has 1 aromatic heterocycles. The van der Waals surface area contributed by atoms with Crippen LogP contribution in [0.15, 0.2) is 24.5 Å². The van der Waals surface area contributed by atoms with Crippen LogP contribution in [0.3, 0.4) is 0 Å². The van der Waals surface area contributed by atoms with Gasteiger partial charge in [-0.1, -0.05) is 0 Å². The van der Waals surface area contributed by atoms with Crippen molar-refractivity contribution < 1.29 is 19.8 Å². The van der Waals surface area contributed by atoms with Gasteiger partial charge in [0.15, 0.2) is 0 Å². The fourth-order valence-corrected chi connectivity index (χ4v) is 1.74. The molecule has 0 bridgehead atoms. The molecule has 5 N–H and O–H groups in total. The van der Waals surface area contributed by atoms with Gasteiger partial charge in [-0.05, 0) is 31.0 Å². The first kappa shape index (κ1) is 16.1. The fourth-order valence-electron chi connectivity index (χ4n) is 1.74. The number of nitrogens with zero attached hydrogens (tertiary/aromatic N) is 1. The number of nitrogens with one attached hydrogen (secondary N) is 1. The van der Waals surface area contributed by atoms with E-state index < -0.39 is 12.1 Å². The van der Waals surface area contributed by atoms with Crippen molar-refractivity contribution in [2.24, 2.45) is 5.73 Å². The van der Waals surface area contributed by atoms with Gasteiger partial charge in [0.1, 0.15) is 6.10 Å². The van der Waals surface area contributed by atoms with E-state index in [-0.39, 0.29) is 11.9 Å². The lowest BCUT2D eigenvalue weighted by atomic mass is 9.90. The minimum Gasteiger partial charge on any atom is -0.479 e. The topological polar surface area (TPSA) is 126 Å². The van der Waals surface area contributed by atoms with E-state index in [2.05, 4.69) is 10.3 Å². The van der Waals surface area contributed by atoms with Gasteiger partial charge in [0.25, 0.3) is 0 Å². The zero-order valence-electron chi connectivity index (χ0n) is 11.2. The molecule has 7 nitrogen and oxygen atoms in total. The molecule has 1 saturated heterocycles. The number of amides is 1. The molecule has 1 aliphatic heterocycles. The van der Waals surface area contributed by atoms with Crippen molar-refractivity contribution in [3.05, 3.63) is 30.1 Å². The number of hydrogen-bond acceptors (Lipinski definition) is 5. The quantitative estimate of drug-likeness (QED) is 0.577. The van der Waals surface area contributed by atoms with Crippen molar-refractivity contribution in [1.29, 1.82) is 0 Å². The van der Waals surface area contributed by atoms with E-state index in [4.69, 9.17) is 15.9 Å². The van der Waals surface area contributed by atoms with Gasteiger partial charge in [0.05, 0.1) is 6.04 Å². The van der Waals surface area contributed by atoms with Gasteiger partial charge in [0.2, 0.25) is 5.91 Å². The number of nitrogens with two attached hydrogens (primary N) is 1. The second-order valence-electron chi connectivity index (χ2n) is 4.58. The third kappa shape index (κ3) is 4.94. The maximum atomic E-state index is 11.1. The molecule has 7 heteroatoms. The van der Waals surface area contributed by atoms with Gasteiger partial charge >= 0.3 is 5.97 Å². The van der Waals surface area contributed by atoms with E-state index in [1.165, 1.54) is 12.5 Å². The molecule has 110 valence electrons. The summed E-state index contributed by atoms with van der Waals surface area (Å²) >= 11 is 0. The Balaban J connectivity index is 0.000000286. The van der Waals surface area contributed by atoms with Gasteiger partial charge in [-0.15, -0.1) is 0 Å². The van der Waals surface area contributed by atoms with E-state index in [1.807, 2.05) is 12.1 Å². The Kier molecular flexibility index (Phi) is 6.08. The van der Waals surface area contributed by atoms with Crippen LogP contribution in [0.4, 0.5) is 0 Å². The number of rotatable bonds is 2. The summed E-state index contributed by atoms with van der Waals surface area (Å²) in [6.07, 6.45) is 3.01. The van der Waals surface area contributed by atoms with E-state index in [0.717, 1.165) is 6.42 Å². The molecule has 0 aromatic carbocycles. The Hall–Kier alpha value is -1.99.